The maximum atomic E-state index is 11.5. The van der Waals surface area contributed by atoms with Crippen molar-refractivity contribution in [1.82, 2.24) is 0 Å². The fourth-order valence-corrected chi connectivity index (χ4v) is 2.67. The largest absolute Gasteiger partial charge is 0.324 e. The molecule has 0 aliphatic carbocycles. The molecule has 4 nitrogen and oxygen atoms in total. The van der Waals surface area contributed by atoms with Gasteiger partial charge in [0.1, 0.15) is 0 Å². The normalized spacial score (nSPS) is 13.4. The zero-order valence-corrected chi connectivity index (χ0v) is 11.1. The summed E-state index contributed by atoms with van der Waals surface area (Å²) in [6.07, 6.45) is 1.47. The highest BCUT2D eigenvalue weighted by Crippen LogP contribution is 2.17. The molecule has 0 amide bonds. The molecule has 0 saturated heterocycles. The van der Waals surface area contributed by atoms with Crippen LogP contribution in [0.15, 0.2) is 24.3 Å². The number of anilines is 1. The summed E-state index contributed by atoms with van der Waals surface area (Å²) < 4.78 is 25.6. The predicted octanol–water partition coefficient (Wildman–Crippen LogP) is 2.25. The van der Waals surface area contributed by atoms with Crippen LogP contribution in [0.4, 0.5) is 5.69 Å². The minimum atomic E-state index is -3.20. The van der Waals surface area contributed by atoms with E-state index in [0.717, 1.165) is 12.0 Å². The molecule has 1 atom stereocenters. The summed E-state index contributed by atoms with van der Waals surface area (Å²) in [5, 5.41) is 0. The highest BCUT2D eigenvalue weighted by Gasteiger charge is 2.09. The van der Waals surface area contributed by atoms with Gasteiger partial charge in [-0.15, -0.1) is 0 Å². The fraction of sp³-hybridized carbons (Fsp3) is 0.500. The summed E-state index contributed by atoms with van der Waals surface area (Å²) in [6, 6.07) is 7.22. The van der Waals surface area contributed by atoms with Gasteiger partial charge in [-0.3, -0.25) is 4.72 Å². The van der Waals surface area contributed by atoms with Crippen LogP contribution in [0.1, 0.15) is 38.3 Å². The van der Waals surface area contributed by atoms with E-state index in [1.54, 1.807) is 12.1 Å². The lowest BCUT2D eigenvalue weighted by Gasteiger charge is -2.11. The number of benzene rings is 1. The molecular formula is C12H20N2O2S. The second-order valence-electron chi connectivity index (χ2n) is 4.06. The van der Waals surface area contributed by atoms with E-state index in [1.807, 2.05) is 26.0 Å². The second-order valence-corrected chi connectivity index (χ2v) is 5.90. The first-order chi connectivity index (χ1) is 7.98. The molecule has 0 bridgehead atoms. The third-order valence-corrected chi connectivity index (χ3v) is 4.02. The maximum absolute atomic E-state index is 11.5. The molecule has 0 unspecified atom stereocenters. The van der Waals surface area contributed by atoms with Crippen LogP contribution < -0.4 is 10.5 Å². The topological polar surface area (TPSA) is 72.2 Å². The van der Waals surface area contributed by atoms with E-state index in [-0.39, 0.29) is 11.8 Å². The summed E-state index contributed by atoms with van der Waals surface area (Å²) in [6.45, 7) is 3.85. The van der Waals surface area contributed by atoms with Crippen LogP contribution in [0.25, 0.3) is 0 Å². The number of nitrogens with two attached hydrogens (primary N) is 1. The van der Waals surface area contributed by atoms with Crippen LogP contribution in [0, 0.1) is 0 Å². The van der Waals surface area contributed by atoms with Gasteiger partial charge in [-0.2, -0.15) is 0 Å². The molecular weight excluding hydrogens is 236 g/mol. The van der Waals surface area contributed by atoms with Crippen LogP contribution in [0.2, 0.25) is 0 Å². The lowest BCUT2D eigenvalue weighted by atomic mass is 10.1. The van der Waals surface area contributed by atoms with Gasteiger partial charge in [0.25, 0.3) is 0 Å². The molecule has 0 saturated carbocycles. The molecule has 0 aromatic heterocycles. The summed E-state index contributed by atoms with van der Waals surface area (Å²) in [5.74, 6) is 0.142. The van der Waals surface area contributed by atoms with Crippen molar-refractivity contribution >= 4 is 15.7 Å². The Morgan fingerprint density at radius 2 is 1.82 bits per heavy atom. The fourth-order valence-electron chi connectivity index (χ4n) is 1.53. The predicted molar refractivity (Wildman–Crippen MR) is 71.4 cm³/mol. The Balaban J connectivity index is 2.75. The lowest BCUT2D eigenvalue weighted by molar-refractivity contribution is 0.600. The highest BCUT2D eigenvalue weighted by atomic mass is 32.2. The van der Waals surface area contributed by atoms with Crippen molar-refractivity contribution in [3.8, 4) is 0 Å². The zero-order valence-electron chi connectivity index (χ0n) is 10.3. The van der Waals surface area contributed by atoms with Crippen LogP contribution in [-0.2, 0) is 10.0 Å². The van der Waals surface area contributed by atoms with Crippen molar-refractivity contribution in [1.29, 1.82) is 0 Å². The Kier molecular flexibility index (Phi) is 4.96. The van der Waals surface area contributed by atoms with E-state index in [9.17, 15) is 8.42 Å². The third kappa shape index (κ3) is 4.36. The number of hydrogen-bond acceptors (Lipinski definition) is 3. The first-order valence-electron chi connectivity index (χ1n) is 5.84. The van der Waals surface area contributed by atoms with Crippen LogP contribution in [-0.4, -0.2) is 14.2 Å². The minimum Gasteiger partial charge on any atom is -0.324 e. The molecule has 1 rings (SSSR count). The molecule has 3 N–H and O–H groups in total. The van der Waals surface area contributed by atoms with Crippen LogP contribution >= 0.6 is 0 Å². The van der Waals surface area contributed by atoms with E-state index in [2.05, 4.69) is 4.72 Å². The van der Waals surface area contributed by atoms with Crippen LogP contribution in [0.3, 0.4) is 0 Å². The molecule has 96 valence electrons. The second kappa shape index (κ2) is 6.02. The number of hydrogen-bond donors (Lipinski definition) is 2. The Morgan fingerprint density at radius 3 is 2.29 bits per heavy atom. The first kappa shape index (κ1) is 14.0. The molecule has 0 heterocycles. The van der Waals surface area contributed by atoms with Crippen molar-refractivity contribution in [3.05, 3.63) is 29.8 Å². The van der Waals surface area contributed by atoms with Crippen LogP contribution in [0.5, 0.6) is 0 Å². The standard InChI is InChI=1S/C12H20N2O2S/c1-3-9-17(15,16)14-11-7-5-10(6-8-11)12(13)4-2/h5-8,12,14H,3-4,9,13H2,1-2H3/t12-/m0/s1. The lowest BCUT2D eigenvalue weighted by Crippen LogP contribution is -2.16. The molecule has 17 heavy (non-hydrogen) atoms. The minimum absolute atomic E-state index is 0.0105. The summed E-state index contributed by atoms with van der Waals surface area (Å²) in [5.41, 5.74) is 7.49. The molecule has 1 aromatic rings. The van der Waals surface area contributed by atoms with Crippen molar-refractivity contribution in [2.75, 3.05) is 10.5 Å². The molecule has 0 aliphatic heterocycles. The van der Waals surface area contributed by atoms with E-state index in [1.165, 1.54) is 0 Å². The van der Waals surface area contributed by atoms with E-state index in [4.69, 9.17) is 5.73 Å². The van der Waals surface area contributed by atoms with Gasteiger partial charge in [0.15, 0.2) is 0 Å². The smallest absolute Gasteiger partial charge is 0.232 e. The Morgan fingerprint density at radius 1 is 1.24 bits per heavy atom. The maximum Gasteiger partial charge on any atom is 0.232 e. The Hall–Kier alpha value is -1.07. The van der Waals surface area contributed by atoms with Crippen molar-refractivity contribution < 1.29 is 8.42 Å². The molecule has 5 heteroatoms. The molecule has 1 aromatic carbocycles. The quantitative estimate of drug-likeness (QED) is 0.820. The van der Waals surface area contributed by atoms with Gasteiger partial charge >= 0.3 is 0 Å². The molecule has 0 spiro atoms. The van der Waals surface area contributed by atoms with Crippen molar-refractivity contribution in [2.24, 2.45) is 5.73 Å². The van der Waals surface area contributed by atoms with Gasteiger partial charge in [-0.25, -0.2) is 8.42 Å². The summed E-state index contributed by atoms with van der Waals surface area (Å²) in [7, 11) is -3.20. The average molecular weight is 256 g/mol. The number of nitrogens with one attached hydrogen (secondary N) is 1. The summed E-state index contributed by atoms with van der Waals surface area (Å²) >= 11 is 0. The van der Waals surface area contributed by atoms with E-state index >= 15 is 0 Å². The molecule has 0 aliphatic rings. The number of sulfonamides is 1. The average Bonchev–Trinajstić information content (AvgIpc) is 2.28. The van der Waals surface area contributed by atoms with Gasteiger partial charge in [0, 0.05) is 11.7 Å². The van der Waals surface area contributed by atoms with Gasteiger partial charge in [0.05, 0.1) is 5.75 Å². The van der Waals surface area contributed by atoms with E-state index < -0.39 is 10.0 Å². The van der Waals surface area contributed by atoms with Crippen molar-refractivity contribution in [2.45, 2.75) is 32.7 Å². The monoisotopic (exact) mass is 256 g/mol. The molecule has 0 fully saturated rings. The third-order valence-electron chi connectivity index (χ3n) is 2.52. The Labute approximate surface area is 103 Å². The summed E-state index contributed by atoms with van der Waals surface area (Å²) in [4.78, 5) is 0. The van der Waals surface area contributed by atoms with Crippen molar-refractivity contribution in [3.63, 3.8) is 0 Å². The van der Waals surface area contributed by atoms with Gasteiger partial charge in [-0.1, -0.05) is 26.0 Å². The van der Waals surface area contributed by atoms with Gasteiger partial charge in [0.2, 0.25) is 10.0 Å². The van der Waals surface area contributed by atoms with Gasteiger partial charge < -0.3 is 5.73 Å². The first-order valence-corrected chi connectivity index (χ1v) is 7.49. The highest BCUT2D eigenvalue weighted by molar-refractivity contribution is 7.92. The van der Waals surface area contributed by atoms with Gasteiger partial charge in [-0.05, 0) is 30.5 Å². The zero-order chi connectivity index (χ0) is 12.9. The SMILES string of the molecule is CCCS(=O)(=O)Nc1ccc([C@@H](N)CC)cc1. The Bertz CT molecular complexity index is 440. The van der Waals surface area contributed by atoms with E-state index in [0.29, 0.717) is 12.1 Å². The number of rotatable bonds is 6. The molecule has 0 radical (unpaired) electrons.